The van der Waals surface area contributed by atoms with E-state index in [2.05, 4.69) is 15.0 Å². The third-order valence-corrected chi connectivity index (χ3v) is 2.61. The Morgan fingerprint density at radius 1 is 1.33 bits per heavy atom. The first kappa shape index (κ1) is 12.4. The number of hydrogen-bond donors (Lipinski definition) is 1. The van der Waals surface area contributed by atoms with E-state index in [1.54, 1.807) is 18.6 Å². The third kappa shape index (κ3) is 2.78. The predicted octanol–water partition coefficient (Wildman–Crippen LogP) is 1.14. The van der Waals surface area contributed by atoms with Gasteiger partial charge >= 0.3 is 0 Å². The molecule has 2 rings (SSSR count). The van der Waals surface area contributed by atoms with Gasteiger partial charge in [-0.2, -0.15) is 0 Å². The highest BCUT2D eigenvalue weighted by molar-refractivity contribution is 7.80. The smallest absolute Gasteiger partial charge is 0.157 e. The molecule has 0 spiro atoms. The van der Waals surface area contributed by atoms with Crippen molar-refractivity contribution >= 4 is 23.0 Å². The van der Waals surface area contributed by atoms with Gasteiger partial charge in [-0.25, -0.2) is 9.97 Å². The summed E-state index contributed by atoms with van der Waals surface area (Å²) in [4.78, 5) is 14.7. The topological polar surface area (TPSA) is 67.9 Å². The van der Waals surface area contributed by atoms with Crippen molar-refractivity contribution in [3.8, 4) is 0 Å². The van der Waals surface area contributed by atoms with E-state index in [4.69, 9.17) is 18.0 Å². The Labute approximate surface area is 111 Å². The molecule has 2 N–H and O–H groups in total. The number of nitrogens with two attached hydrogens (primary N) is 1. The second-order valence-corrected chi connectivity index (χ2v) is 4.25. The van der Waals surface area contributed by atoms with Gasteiger partial charge in [-0.05, 0) is 11.6 Å². The van der Waals surface area contributed by atoms with Crippen LogP contribution in [-0.4, -0.2) is 27.0 Å². The van der Waals surface area contributed by atoms with E-state index in [1.165, 1.54) is 0 Å². The molecule has 2 heterocycles. The molecule has 0 aliphatic heterocycles. The highest BCUT2D eigenvalue weighted by Gasteiger charge is 2.12. The highest BCUT2D eigenvalue weighted by atomic mass is 32.1. The summed E-state index contributed by atoms with van der Waals surface area (Å²) in [5.74, 6) is 0.675. The molecule has 0 aliphatic carbocycles. The van der Waals surface area contributed by atoms with Crippen LogP contribution in [0.5, 0.6) is 0 Å². The lowest BCUT2D eigenvalue weighted by Gasteiger charge is -2.19. The lowest BCUT2D eigenvalue weighted by atomic mass is 10.2. The lowest BCUT2D eigenvalue weighted by Crippen LogP contribution is -2.23. The average Bonchev–Trinajstić information content (AvgIpc) is 2.40. The van der Waals surface area contributed by atoms with Crippen LogP contribution in [0.15, 0.2) is 36.9 Å². The Hall–Kier alpha value is -2.08. The number of aromatic nitrogens is 3. The molecule has 0 bridgehead atoms. The number of rotatable bonds is 4. The molecule has 0 amide bonds. The van der Waals surface area contributed by atoms with Crippen LogP contribution in [0, 0.1) is 0 Å². The second kappa shape index (κ2) is 5.50. The van der Waals surface area contributed by atoms with E-state index in [-0.39, 0.29) is 4.99 Å². The first-order valence-corrected chi connectivity index (χ1v) is 5.80. The van der Waals surface area contributed by atoms with Gasteiger partial charge in [0, 0.05) is 38.4 Å². The summed E-state index contributed by atoms with van der Waals surface area (Å²) in [5, 5.41) is 0. The first-order chi connectivity index (χ1) is 8.68. The predicted molar refractivity (Wildman–Crippen MR) is 74.3 cm³/mol. The Balaban J connectivity index is 2.24. The molecule has 92 valence electrons. The van der Waals surface area contributed by atoms with Crippen LogP contribution in [0.1, 0.15) is 11.3 Å². The normalized spacial score (nSPS) is 10.1. The fourth-order valence-corrected chi connectivity index (χ4v) is 1.77. The van der Waals surface area contributed by atoms with Gasteiger partial charge in [0.05, 0.1) is 0 Å². The van der Waals surface area contributed by atoms with E-state index in [1.807, 2.05) is 30.3 Å². The van der Waals surface area contributed by atoms with Gasteiger partial charge in [-0.3, -0.25) is 4.98 Å². The summed E-state index contributed by atoms with van der Waals surface area (Å²) in [5.41, 5.74) is 7.26. The van der Waals surface area contributed by atoms with Gasteiger partial charge in [0.15, 0.2) is 5.82 Å². The van der Waals surface area contributed by atoms with Crippen molar-refractivity contribution in [2.24, 2.45) is 5.73 Å². The minimum absolute atomic E-state index is 0.246. The monoisotopic (exact) mass is 259 g/mol. The minimum atomic E-state index is 0.246. The molecule has 0 saturated carbocycles. The minimum Gasteiger partial charge on any atom is -0.388 e. The number of anilines is 1. The van der Waals surface area contributed by atoms with Crippen LogP contribution in [0.2, 0.25) is 0 Å². The van der Waals surface area contributed by atoms with E-state index < -0.39 is 0 Å². The summed E-state index contributed by atoms with van der Waals surface area (Å²) in [6.45, 7) is 0.669. The molecule has 0 unspecified atom stereocenters. The Morgan fingerprint density at radius 3 is 2.78 bits per heavy atom. The Bertz CT molecular complexity index is 543. The molecule has 0 aromatic carbocycles. The van der Waals surface area contributed by atoms with Gasteiger partial charge in [-0.1, -0.05) is 18.3 Å². The average molecular weight is 259 g/mol. The summed E-state index contributed by atoms with van der Waals surface area (Å²) in [6, 6.07) is 3.90. The molecule has 6 heteroatoms. The fourth-order valence-electron chi connectivity index (χ4n) is 1.62. The van der Waals surface area contributed by atoms with Gasteiger partial charge in [0.25, 0.3) is 0 Å². The van der Waals surface area contributed by atoms with Crippen molar-refractivity contribution < 1.29 is 0 Å². The maximum Gasteiger partial charge on any atom is 0.157 e. The molecule has 2 aromatic heterocycles. The molecule has 0 radical (unpaired) electrons. The van der Waals surface area contributed by atoms with Crippen molar-refractivity contribution in [2.75, 3.05) is 11.9 Å². The highest BCUT2D eigenvalue weighted by Crippen LogP contribution is 2.15. The van der Waals surface area contributed by atoms with Crippen LogP contribution in [-0.2, 0) is 6.54 Å². The van der Waals surface area contributed by atoms with Crippen LogP contribution in [0.4, 0.5) is 5.82 Å². The molecule has 2 aromatic rings. The lowest BCUT2D eigenvalue weighted by molar-refractivity contribution is 0.881. The van der Waals surface area contributed by atoms with Crippen LogP contribution >= 0.6 is 12.2 Å². The third-order valence-electron chi connectivity index (χ3n) is 2.42. The van der Waals surface area contributed by atoms with E-state index in [0.717, 1.165) is 5.56 Å². The number of thiocarbonyl (C=S) groups is 1. The van der Waals surface area contributed by atoms with Crippen molar-refractivity contribution in [1.29, 1.82) is 0 Å². The zero-order valence-corrected chi connectivity index (χ0v) is 10.8. The number of pyridine rings is 1. The molecule has 0 fully saturated rings. The standard InChI is InChI=1S/C12H13N5S/c1-17(8-9-3-2-4-14-7-9)12-10(11(13)18)15-5-6-16-12/h2-7H,8H2,1H3,(H2,13,18). The van der Waals surface area contributed by atoms with Crippen LogP contribution < -0.4 is 10.6 Å². The molecule has 18 heavy (non-hydrogen) atoms. The first-order valence-electron chi connectivity index (χ1n) is 5.39. The summed E-state index contributed by atoms with van der Waals surface area (Å²) < 4.78 is 0. The van der Waals surface area contributed by atoms with Crippen molar-refractivity contribution in [2.45, 2.75) is 6.54 Å². The van der Waals surface area contributed by atoms with E-state index in [0.29, 0.717) is 18.1 Å². The maximum atomic E-state index is 5.64. The molecule has 0 aliphatic rings. The summed E-state index contributed by atoms with van der Waals surface area (Å²) >= 11 is 4.97. The van der Waals surface area contributed by atoms with Crippen LogP contribution in [0.3, 0.4) is 0 Å². The molecule has 5 nitrogen and oxygen atoms in total. The van der Waals surface area contributed by atoms with E-state index in [9.17, 15) is 0 Å². The Morgan fingerprint density at radius 2 is 2.11 bits per heavy atom. The summed E-state index contributed by atoms with van der Waals surface area (Å²) in [7, 11) is 1.92. The molecular weight excluding hydrogens is 246 g/mol. The summed E-state index contributed by atoms with van der Waals surface area (Å²) in [6.07, 6.45) is 6.76. The van der Waals surface area contributed by atoms with Gasteiger partial charge in [0.2, 0.25) is 0 Å². The van der Waals surface area contributed by atoms with Crippen molar-refractivity contribution in [3.05, 3.63) is 48.2 Å². The largest absolute Gasteiger partial charge is 0.388 e. The number of hydrogen-bond acceptors (Lipinski definition) is 5. The SMILES string of the molecule is CN(Cc1cccnc1)c1nccnc1C(N)=S. The quantitative estimate of drug-likeness (QED) is 0.831. The van der Waals surface area contributed by atoms with Gasteiger partial charge in [-0.15, -0.1) is 0 Å². The molecular formula is C12H13N5S. The number of nitrogens with zero attached hydrogens (tertiary/aromatic N) is 4. The molecule has 0 atom stereocenters. The zero-order valence-electron chi connectivity index (χ0n) is 9.95. The van der Waals surface area contributed by atoms with Crippen molar-refractivity contribution in [1.82, 2.24) is 15.0 Å². The second-order valence-electron chi connectivity index (χ2n) is 3.81. The van der Waals surface area contributed by atoms with Gasteiger partial charge in [0.1, 0.15) is 10.7 Å². The fraction of sp³-hybridized carbons (Fsp3) is 0.167. The molecule has 0 saturated heterocycles. The van der Waals surface area contributed by atoms with Gasteiger partial charge < -0.3 is 10.6 Å². The maximum absolute atomic E-state index is 5.64. The Kier molecular flexibility index (Phi) is 3.78. The van der Waals surface area contributed by atoms with Crippen LogP contribution in [0.25, 0.3) is 0 Å². The zero-order chi connectivity index (χ0) is 13.0. The van der Waals surface area contributed by atoms with E-state index >= 15 is 0 Å². The van der Waals surface area contributed by atoms with Crippen molar-refractivity contribution in [3.63, 3.8) is 0 Å².